The average Bonchev–Trinajstić information content (AvgIpc) is 2.75. The fourth-order valence-corrected chi connectivity index (χ4v) is 1.81. The number of aryl methyl sites for hydroxylation is 1. The van der Waals surface area contributed by atoms with Crippen molar-refractivity contribution in [2.24, 2.45) is 0 Å². The van der Waals surface area contributed by atoms with E-state index in [2.05, 4.69) is 15.8 Å². The molecule has 0 aliphatic heterocycles. The summed E-state index contributed by atoms with van der Waals surface area (Å²) < 4.78 is 4.85. The molecule has 0 fully saturated rings. The Morgan fingerprint density at radius 3 is 2.95 bits per heavy atom. The summed E-state index contributed by atoms with van der Waals surface area (Å²) in [6.07, 6.45) is 0.714. The average molecular weight is 280 g/mol. The molecule has 6 heteroatoms. The number of carbonyl (C=O) groups excluding carboxylic acids is 1. The van der Waals surface area contributed by atoms with E-state index in [9.17, 15) is 4.79 Å². The second kappa shape index (κ2) is 6.24. The van der Waals surface area contributed by atoms with Crippen LogP contribution in [0.25, 0.3) is 0 Å². The Kier molecular flexibility index (Phi) is 4.41. The van der Waals surface area contributed by atoms with Gasteiger partial charge in [0.15, 0.2) is 5.82 Å². The number of amides is 2. The predicted octanol–water partition coefficient (Wildman–Crippen LogP) is 3.00. The number of urea groups is 1. The Hall–Kier alpha value is -2.01. The van der Waals surface area contributed by atoms with Crippen LogP contribution in [0.5, 0.6) is 0 Å². The predicted molar refractivity (Wildman–Crippen MR) is 73.4 cm³/mol. The van der Waals surface area contributed by atoms with Crippen molar-refractivity contribution in [2.45, 2.75) is 13.3 Å². The highest BCUT2D eigenvalue weighted by molar-refractivity contribution is 6.30. The van der Waals surface area contributed by atoms with Crippen molar-refractivity contribution in [2.75, 3.05) is 11.9 Å². The molecule has 0 aliphatic rings. The first-order valence-electron chi connectivity index (χ1n) is 5.86. The van der Waals surface area contributed by atoms with Gasteiger partial charge in [-0.2, -0.15) is 0 Å². The Balaban J connectivity index is 1.75. The maximum atomic E-state index is 11.5. The lowest BCUT2D eigenvalue weighted by molar-refractivity contribution is 0.252. The summed E-state index contributed by atoms with van der Waals surface area (Å²) >= 11 is 5.88. The third kappa shape index (κ3) is 4.30. The SMILES string of the molecule is Cc1cc(NC(=O)NCCc2cccc(Cl)c2)no1. The Morgan fingerprint density at radius 2 is 2.26 bits per heavy atom. The van der Waals surface area contributed by atoms with E-state index in [4.69, 9.17) is 16.1 Å². The van der Waals surface area contributed by atoms with Crippen molar-refractivity contribution >= 4 is 23.4 Å². The number of hydrogen-bond acceptors (Lipinski definition) is 3. The molecule has 19 heavy (non-hydrogen) atoms. The first-order valence-corrected chi connectivity index (χ1v) is 6.24. The molecule has 100 valence electrons. The summed E-state index contributed by atoms with van der Waals surface area (Å²) in [5.41, 5.74) is 1.07. The normalized spacial score (nSPS) is 10.2. The van der Waals surface area contributed by atoms with E-state index in [1.807, 2.05) is 24.3 Å². The van der Waals surface area contributed by atoms with Crippen molar-refractivity contribution in [1.82, 2.24) is 10.5 Å². The molecular formula is C13H14ClN3O2. The minimum absolute atomic E-state index is 0.310. The standard InChI is InChI=1S/C13H14ClN3O2/c1-9-7-12(17-19-9)16-13(18)15-6-5-10-3-2-4-11(14)8-10/h2-4,7-8H,5-6H2,1H3,(H2,15,16,17,18). The number of nitrogens with one attached hydrogen (secondary N) is 2. The van der Waals surface area contributed by atoms with Gasteiger partial charge in [0.05, 0.1) is 0 Å². The summed E-state index contributed by atoms with van der Waals surface area (Å²) in [5.74, 6) is 1.05. The maximum absolute atomic E-state index is 11.5. The lowest BCUT2D eigenvalue weighted by atomic mass is 10.1. The molecule has 0 saturated heterocycles. The minimum atomic E-state index is -0.310. The molecule has 2 aromatic rings. The molecule has 1 heterocycles. The van der Waals surface area contributed by atoms with Gasteiger partial charge in [0.25, 0.3) is 0 Å². The third-order valence-electron chi connectivity index (χ3n) is 2.46. The zero-order valence-corrected chi connectivity index (χ0v) is 11.2. The number of hydrogen-bond donors (Lipinski definition) is 2. The first kappa shape index (κ1) is 13.4. The number of aromatic nitrogens is 1. The molecule has 5 nitrogen and oxygen atoms in total. The highest BCUT2D eigenvalue weighted by atomic mass is 35.5. The van der Waals surface area contributed by atoms with E-state index in [0.717, 1.165) is 5.56 Å². The zero-order chi connectivity index (χ0) is 13.7. The zero-order valence-electron chi connectivity index (χ0n) is 10.4. The topological polar surface area (TPSA) is 67.2 Å². The summed E-state index contributed by atoms with van der Waals surface area (Å²) in [6, 6.07) is 8.88. The number of benzene rings is 1. The molecule has 2 N–H and O–H groups in total. The van der Waals surface area contributed by atoms with Gasteiger partial charge in [-0.25, -0.2) is 4.79 Å². The molecule has 2 rings (SSSR count). The Morgan fingerprint density at radius 1 is 1.42 bits per heavy atom. The Bertz CT molecular complexity index is 569. The van der Waals surface area contributed by atoms with Crippen LogP contribution in [0.4, 0.5) is 10.6 Å². The summed E-state index contributed by atoms with van der Waals surface area (Å²) in [6.45, 7) is 2.28. The second-order valence-electron chi connectivity index (χ2n) is 4.08. The summed E-state index contributed by atoms with van der Waals surface area (Å²) in [5, 5.41) is 9.68. The number of rotatable bonds is 4. The molecule has 0 unspecified atom stereocenters. The van der Waals surface area contributed by atoms with E-state index in [0.29, 0.717) is 29.6 Å². The highest BCUT2D eigenvalue weighted by Gasteiger charge is 2.05. The molecule has 2 amide bonds. The van der Waals surface area contributed by atoms with Crippen LogP contribution in [-0.4, -0.2) is 17.7 Å². The number of nitrogens with zero attached hydrogens (tertiary/aromatic N) is 1. The van der Waals surface area contributed by atoms with E-state index < -0.39 is 0 Å². The van der Waals surface area contributed by atoms with Crippen molar-refractivity contribution in [3.8, 4) is 0 Å². The van der Waals surface area contributed by atoms with Crippen molar-refractivity contribution in [3.63, 3.8) is 0 Å². The van der Waals surface area contributed by atoms with Gasteiger partial charge in [0.2, 0.25) is 0 Å². The molecule has 1 aromatic heterocycles. The molecule has 0 aliphatic carbocycles. The van der Waals surface area contributed by atoms with Crippen LogP contribution < -0.4 is 10.6 Å². The quantitative estimate of drug-likeness (QED) is 0.904. The van der Waals surface area contributed by atoms with Gasteiger partial charge < -0.3 is 9.84 Å². The monoisotopic (exact) mass is 279 g/mol. The molecule has 0 saturated carbocycles. The summed E-state index contributed by atoms with van der Waals surface area (Å²) in [7, 11) is 0. The first-order chi connectivity index (χ1) is 9.13. The summed E-state index contributed by atoms with van der Waals surface area (Å²) in [4.78, 5) is 11.5. The van der Waals surface area contributed by atoms with Crippen LogP contribution in [0.15, 0.2) is 34.9 Å². The maximum Gasteiger partial charge on any atom is 0.320 e. The lowest BCUT2D eigenvalue weighted by Gasteiger charge is -2.05. The van der Waals surface area contributed by atoms with Crippen LogP contribution in [0.2, 0.25) is 5.02 Å². The number of carbonyl (C=O) groups is 1. The molecule has 0 spiro atoms. The fourth-order valence-electron chi connectivity index (χ4n) is 1.60. The minimum Gasteiger partial charge on any atom is -0.360 e. The van der Waals surface area contributed by atoms with Gasteiger partial charge in [0.1, 0.15) is 5.76 Å². The highest BCUT2D eigenvalue weighted by Crippen LogP contribution is 2.10. The van der Waals surface area contributed by atoms with Crippen LogP contribution in [0, 0.1) is 6.92 Å². The van der Waals surface area contributed by atoms with E-state index in [1.54, 1.807) is 13.0 Å². The van der Waals surface area contributed by atoms with Crippen molar-refractivity contribution < 1.29 is 9.32 Å². The van der Waals surface area contributed by atoms with Gasteiger partial charge in [-0.15, -0.1) is 0 Å². The van der Waals surface area contributed by atoms with Gasteiger partial charge in [-0.3, -0.25) is 5.32 Å². The van der Waals surface area contributed by atoms with Gasteiger partial charge >= 0.3 is 6.03 Å². The van der Waals surface area contributed by atoms with E-state index in [-0.39, 0.29) is 6.03 Å². The smallest absolute Gasteiger partial charge is 0.320 e. The molecule has 1 aromatic carbocycles. The largest absolute Gasteiger partial charge is 0.360 e. The van der Waals surface area contributed by atoms with Crippen molar-refractivity contribution in [1.29, 1.82) is 0 Å². The Labute approximate surface area is 115 Å². The molecule has 0 bridgehead atoms. The number of anilines is 1. The van der Waals surface area contributed by atoms with Gasteiger partial charge in [-0.1, -0.05) is 28.9 Å². The van der Waals surface area contributed by atoms with E-state index >= 15 is 0 Å². The van der Waals surface area contributed by atoms with Crippen molar-refractivity contribution in [3.05, 3.63) is 46.7 Å². The number of halogens is 1. The van der Waals surface area contributed by atoms with Crippen LogP contribution in [-0.2, 0) is 6.42 Å². The second-order valence-corrected chi connectivity index (χ2v) is 4.52. The molecule has 0 atom stereocenters. The third-order valence-corrected chi connectivity index (χ3v) is 2.69. The lowest BCUT2D eigenvalue weighted by Crippen LogP contribution is -2.30. The van der Waals surface area contributed by atoms with Crippen LogP contribution in [0.3, 0.4) is 0 Å². The van der Waals surface area contributed by atoms with Crippen LogP contribution >= 0.6 is 11.6 Å². The van der Waals surface area contributed by atoms with Gasteiger partial charge in [0, 0.05) is 17.6 Å². The van der Waals surface area contributed by atoms with Crippen LogP contribution in [0.1, 0.15) is 11.3 Å². The molecular weight excluding hydrogens is 266 g/mol. The fraction of sp³-hybridized carbons (Fsp3) is 0.231. The van der Waals surface area contributed by atoms with E-state index in [1.165, 1.54) is 0 Å². The molecule has 0 radical (unpaired) electrons. The van der Waals surface area contributed by atoms with Gasteiger partial charge in [-0.05, 0) is 31.0 Å².